The molecule has 1 aromatic rings. The Morgan fingerprint density at radius 2 is 2.33 bits per heavy atom. The quantitative estimate of drug-likeness (QED) is 0.503. The molecule has 66 valence electrons. The number of ether oxygens (including phenoxy) is 2. The Balaban J connectivity index is 2.46. The minimum Gasteiger partial charge on any atom is -0.359 e. The van der Waals surface area contributed by atoms with Gasteiger partial charge in [-0.15, -0.1) is 0 Å². The lowest BCUT2D eigenvalue weighted by Crippen LogP contribution is -1.99. The molecule has 0 saturated heterocycles. The fourth-order valence-electron chi connectivity index (χ4n) is 0.905. The molecule has 0 N–H and O–H groups in total. The first-order valence-electron chi connectivity index (χ1n) is 3.81. The van der Waals surface area contributed by atoms with Crippen molar-refractivity contribution in [3.05, 3.63) is 29.6 Å². The summed E-state index contributed by atoms with van der Waals surface area (Å²) in [7, 11) is 1.61. The van der Waals surface area contributed by atoms with Gasteiger partial charge >= 0.3 is 0 Å². The standard InChI is InChI=1S/C9H13NO2/c1-8-9(4-3-5-10-8)6-12-7-11-2/h3-5H,6-7H2,1-2H3. The van der Waals surface area contributed by atoms with Gasteiger partial charge in [0, 0.05) is 19.0 Å². The van der Waals surface area contributed by atoms with Gasteiger partial charge in [0.25, 0.3) is 0 Å². The fourth-order valence-corrected chi connectivity index (χ4v) is 0.905. The van der Waals surface area contributed by atoms with Crippen LogP contribution in [-0.2, 0) is 16.1 Å². The molecule has 0 unspecified atom stereocenters. The maximum Gasteiger partial charge on any atom is 0.146 e. The summed E-state index contributed by atoms with van der Waals surface area (Å²) >= 11 is 0. The van der Waals surface area contributed by atoms with Gasteiger partial charge in [-0.1, -0.05) is 6.07 Å². The fraction of sp³-hybridized carbons (Fsp3) is 0.444. The summed E-state index contributed by atoms with van der Waals surface area (Å²) in [6.45, 7) is 2.85. The molecule has 0 aliphatic carbocycles. The first-order valence-corrected chi connectivity index (χ1v) is 3.81. The van der Waals surface area contributed by atoms with Crippen molar-refractivity contribution in [3.63, 3.8) is 0 Å². The second kappa shape index (κ2) is 4.85. The molecule has 12 heavy (non-hydrogen) atoms. The van der Waals surface area contributed by atoms with Gasteiger partial charge in [0.1, 0.15) is 6.79 Å². The number of nitrogens with zero attached hydrogens (tertiary/aromatic N) is 1. The molecule has 0 aliphatic rings. The summed E-state index contributed by atoms with van der Waals surface area (Å²) in [5.74, 6) is 0. The largest absolute Gasteiger partial charge is 0.359 e. The van der Waals surface area contributed by atoms with Crippen LogP contribution in [0.4, 0.5) is 0 Å². The van der Waals surface area contributed by atoms with Crippen molar-refractivity contribution in [2.24, 2.45) is 0 Å². The zero-order valence-corrected chi connectivity index (χ0v) is 7.41. The SMILES string of the molecule is COCOCc1cccnc1C. The molecule has 3 nitrogen and oxygen atoms in total. The highest BCUT2D eigenvalue weighted by Gasteiger charge is 1.96. The van der Waals surface area contributed by atoms with E-state index in [1.54, 1.807) is 13.3 Å². The van der Waals surface area contributed by atoms with Crippen LogP contribution in [0.2, 0.25) is 0 Å². The molecule has 0 aromatic carbocycles. The molecule has 0 radical (unpaired) electrons. The molecule has 3 heteroatoms. The second-order valence-corrected chi connectivity index (χ2v) is 2.50. The van der Waals surface area contributed by atoms with E-state index in [9.17, 15) is 0 Å². The van der Waals surface area contributed by atoms with Crippen LogP contribution in [0.3, 0.4) is 0 Å². The molecule has 0 atom stereocenters. The summed E-state index contributed by atoms with van der Waals surface area (Å²) in [4.78, 5) is 4.14. The minimum atomic E-state index is 0.328. The lowest BCUT2D eigenvalue weighted by atomic mass is 10.2. The molecule has 0 spiro atoms. The third-order valence-corrected chi connectivity index (χ3v) is 1.58. The number of aromatic nitrogens is 1. The van der Waals surface area contributed by atoms with Crippen LogP contribution in [0.1, 0.15) is 11.3 Å². The van der Waals surface area contributed by atoms with E-state index in [1.807, 2.05) is 19.1 Å². The summed E-state index contributed by atoms with van der Waals surface area (Å²) in [6, 6.07) is 3.90. The Hall–Kier alpha value is -0.930. The predicted octanol–water partition coefficient (Wildman–Crippen LogP) is 1.51. The van der Waals surface area contributed by atoms with E-state index in [2.05, 4.69) is 4.98 Å². The minimum absolute atomic E-state index is 0.328. The molecule has 0 bridgehead atoms. The van der Waals surface area contributed by atoms with E-state index in [0.29, 0.717) is 13.4 Å². The van der Waals surface area contributed by atoms with Crippen LogP contribution in [0.25, 0.3) is 0 Å². The summed E-state index contributed by atoms with van der Waals surface area (Å²) in [5, 5.41) is 0. The average molecular weight is 167 g/mol. The predicted molar refractivity (Wildman–Crippen MR) is 45.6 cm³/mol. The highest BCUT2D eigenvalue weighted by Crippen LogP contribution is 2.04. The van der Waals surface area contributed by atoms with E-state index in [1.165, 1.54) is 0 Å². The molecule has 1 rings (SSSR count). The van der Waals surface area contributed by atoms with E-state index in [-0.39, 0.29) is 0 Å². The Morgan fingerprint density at radius 1 is 1.50 bits per heavy atom. The highest BCUT2D eigenvalue weighted by molar-refractivity contribution is 5.16. The lowest BCUT2D eigenvalue weighted by Gasteiger charge is -2.04. The van der Waals surface area contributed by atoms with Crippen LogP contribution < -0.4 is 0 Å². The molecule has 1 heterocycles. The number of aryl methyl sites for hydroxylation is 1. The van der Waals surface area contributed by atoms with Crippen LogP contribution >= 0.6 is 0 Å². The number of hydrogen-bond acceptors (Lipinski definition) is 3. The van der Waals surface area contributed by atoms with Crippen molar-refractivity contribution in [2.75, 3.05) is 13.9 Å². The van der Waals surface area contributed by atoms with E-state index in [0.717, 1.165) is 11.3 Å². The van der Waals surface area contributed by atoms with Crippen molar-refractivity contribution in [1.29, 1.82) is 0 Å². The van der Waals surface area contributed by atoms with Crippen LogP contribution in [-0.4, -0.2) is 18.9 Å². The smallest absolute Gasteiger partial charge is 0.146 e. The van der Waals surface area contributed by atoms with E-state index >= 15 is 0 Å². The lowest BCUT2D eigenvalue weighted by molar-refractivity contribution is -0.0392. The zero-order chi connectivity index (χ0) is 8.81. The number of methoxy groups -OCH3 is 1. The number of rotatable bonds is 4. The van der Waals surface area contributed by atoms with Gasteiger partial charge in [0.2, 0.25) is 0 Å². The van der Waals surface area contributed by atoms with Crippen molar-refractivity contribution in [3.8, 4) is 0 Å². The topological polar surface area (TPSA) is 31.4 Å². The molecule has 0 amide bonds. The summed E-state index contributed by atoms with van der Waals surface area (Å²) in [5.41, 5.74) is 2.11. The van der Waals surface area contributed by atoms with Crippen LogP contribution in [0.15, 0.2) is 18.3 Å². The summed E-state index contributed by atoms with van der Waals surface area (Å²) in [6.07, 6.45) is 1.77. The third-order valence-electron chi connectivity index (χ3n) is 1.58. The van der Waals surface area contributed by atoms with Crippen LogP contribution in [0, 0.1) is 6.92 Å². The van der Waals surface area contributed by atoms with E-state index < -0.39 is 0 Å². The van der Waals surface area contributed by atoms with Gasteiger partial charge in [-0.25, -0.2) is 0 Å². The van der Waals surface area contributed by atoms with Gasteiger partial charge < -0.3 is 9.47 Å². The Kier molecular flexibility index (Phi) is 3.70. The van der Waals surface area contributed by atoms with Gasteiger partial charge in [0.05, 0.1) is 6.61 Å². The van der Waals surface area contributed by atoms with Gasteiger partial charge in [-0.3, -0.25) is 4.98 Å². The van der Waals surface area contributed by atoms with Crippen LogP contribution in [0.5, 0.6) is 0 Å². The third kappa shape index (κ3) is 2.60. The molecule has 0 saturated carbocycles. The molecular weight excluding hydrogens is 154 g/mol. The van der Waals surface area contributed by atoms with Crippen molar-refractivity contribution in [1.82, 2.24) is 4.98 Å². The van der Waals surface area contributed by atoms with Crippen molar-refractivity contribution >= 4 is 0 Å². The molecular formula is C9H13NO2. The average Bonchev–Trinajstić information content (AvgIpc) is 2.09. The Bertz CT molecular complexity index is 238. The van der Waals surface area contributed by atoms with Gasteiger partial charge in [-0.05, 0) is 18.6 Å². The van der Waals surface area contributed by atoms with Crippen molar-refractivity contribution in [2.45, 2.75) is 13.5 Å². The van der Waals surface area contributed by atoms with Gasteiger partial charge in [-0.2, -0.15) is 0 Å². The maximum atomic E-state index is 5.19. The maximum absolute atomic E-state index is 5.19. The second-order valence-electron chi connectivity index (χ2n) is 2.50. The Labute approximate surface area is 72.3 Å². The normalized spacial score (nSPS) is 10.2. The highest BCUT2D eigenvalue weighted by atomic mass is 16.7. The number of pyridine rings is 1. The molecule has 0 fully saturated rings. The van der Waals surface area contributed by atoms with E-state index in [4.69, 9.17) is 9.47 Å². The summed E-state index contributed by atoms with van der Waals surface area (Å²) < 4.78 is 9.95. The first-order chi connectivity index (χ1) is 5.84. The molecule has 1 aromatic heterocycles. The van der Waals surface area contributed by atoms with Crippen molar-refractivity contribution < 1.29 is 9.47 Å². The van der Waals surface area contributed by atoms with Gasteiger partial charge in [0.15, 0.2) is 0 Å². The monoisotopic (exact) mass is 167 g/mol. The molecule has 0 aliphatic heterocycles. The zero-order valence-electron chi connectivity index (χ0n) is 7.41. The number of hydrogen-bond donors (Lipinski definition) is 0. The Morgan fingerprint density at radius 3 is 3.00 bits per heavy atom. The first kappa shape index (κ1) is 9.16.